The van der Waals surface area contributed by atoms with E-state index in [1.54, 1.807) is 13.8 Å². The first-order chi connectivity index (χ1) is 9.04. The quantitative estimate of drug-likeness (QED) is 0.546. The smallest absolute Gasteiger partial charge is 0.315 e. The molecule has 106 valence electrons. The van der Waals surface area contributed by atoms with Gasteiger partial charge in [0, 0.05) is 6.54 Å². The Hall–Kier alpha value is -2.19. The highest BCUT2D eigenvalue weighted by Gasteiger charge is 2.35. The Bertz CT molecular complexity index is 415. The highest BCUT2D eigenvalue weighted by Crippen LogP contribution is 2.25. The normalized spacial score (nSPS) is 11.1. The van der Waals surface area contributed by atoms with Gasteiger partial charge in [0.2, 0.25) is 0 Å². The van der Waals surface area contributed by atoms with Crippen molar-refractivity contribution in [3.63, 3.8) is 0 Å². The number of carboxylic acids is 1. The summed E-state index contributed by atoms with van der Waals surface area (Å²) in [7, 11) is 0. The predicted octanol–water partition coefficient (Wildman–Crippen LogP) is -0.110. The molecule has 0 fully saturated rings. The number of nitrogens with zero attached hydrogens (tertiary/aromatic N) is 3. The van der Waals surface area contributed by atoms with E-state index in [1.165, 1.54) is 0 Å². The van der Waals surface area contributed by atoms with Gasteiger partial charge in [-0.15, -0.1) is 10.2 Å². The first-order valence-corrected chi connectivity index (χ1v) is 6.01. The summed E-state index contributed by atoms with van der Waals surface area (Å²) in [6, 6.07) is -0.461. The maximum Gasteiger partial charge on any atom is 0.315 e. The van der Waals surface area contributed by atoms with Crippen molar-refractivity contribution in [2.24, 2.45) is 5.41 Å². The lowest BCUT2D eigenvalue weighted by Crippen LogP contribution is -2.45. The van der Waals surface area contributed by atoms with Crippen molar-refractivity contribution in [2.75, 3.05) is 6.54 Å². The number of aromatic amines is 1. The third kappa shape index (κ3) is 3.90. The van der Waals surface area contributed by atoms with Crippen LogP contribution in [-0.2, 0) is 11.3 Å². The van der Waals surface area contributed by atoms with Crippen LogP contribution >= 0.6 is 0 Å². The number of urea groups is 1. The van der Waals surface area contributed by atoms with E-state index in [0.29, 0.717) is 18.7 Å². The summed E-state index contributed by atoms with van der Waals surface area (Å²) in [5, 5.41) is 27.2. The minimum Gasteiger partial charge on any atom is -0.481 e. The summed E-state index contributed by atoms with van der Waals surface area (Å²) in [5.41, 5.74) is -0.927. The lowest BCUT2D eigenvalue weighted by atomic mass is 9.82. The van der Waals surface area contributed by atoms with E-state index in [9.17, 15) is 14.7 Å². The van der Waals surface area contributed by atoms with Gasteiger partial charge in [0.25, 0.3) is 0 Å². The van der Waals surface area contributed by atoms with Gasteiger partial charge < -0.3 is 15.7 Å². The molecule has 1 aromatic rings. The lowest BCUT2D eigenvalue weighted by Gasteiger charge is -2.26. The average molecular weight is 270 g/mol. The average Bonchev–Trinajstić information content (AvgIpc) is 2.91. The van der Waals surface area contributed by atoms with Crippen LogP contribution in [0.2, 0.25) is 0 Å². The number of H-pyrrole nitrogens is 1. The van der Waals surface area contributed by atoms with Crippen LogP contribution < -0.4 is 10.6 Å². The van der Waals surface area contributed by atoms with Crippen LogP contribution in [0.15, 0.2) is 0 Å². The monoisotopic (exact) mass is 270 g/mol. The van der Waals surface area contributed by atoms with Crippen molar-refractivity contribution in [1.82, 2.24) is 31.3 Å². The number of carbonyl (C=O) groups excluding carboxylic acids is 1. The number of aromatic nitrogens is 4. The molecular formula is C10H18N6O3. The van der Waals surface area contributed by atoms with Crippen molar-refractivity contribution >= 4 is 12.0 Å². The number of hydrogen-bond donors (Lipinski definition) is 4. The Balaban J connectivity index is 2.42. The number of carboxylic acid groups (broad SMARTS) is 1. The Morgan fingerprint density at radius 1 is 1.32 bits per heavy atom. The van der Waals surface area contributed by atoms with Crippen molar-refractivity contribution in [3.8, 4) is 0 Å². The lowest BCUT2D eigenvalue weighted by molar-refractivity contribution is -0.149. The van der Waals surface area contributed by atoms with Crippen molar-refractivity contribution in [3.05, 3.63) is 5.82 Å². The summed E-state index contributed by atoms with van der Waals surface area (Å²) >= 11 is 0. The van der Waals surface area contributed by atoms with E-state index in [4.69, 9.17) is 0 Å². The van der Waals surface area contributed by atoms with Gasteiger partial charge in [0.1, 0.15) is 0 Å². The highest BCUT2D eigenvalue weighted by molar-refractivity contribution is 5.78. The van der Waals surface area contributed by atoms with Crippen LogP contribution in [0.25, 0.3) is 0 Å². The summed E-state index contributed by atoms with van der Waals surface area (Å²) < 4.78 is 0. The third-order valence-electron chi connectivity index (χ3n) is 3.19. The largest absolute Gasteiger partial charge is 0.481 e. The van der Waals surface area contributed by atoms with Crippen molar-refractivity contribution in [1.29, 1.82) is 0 Å². The SMILES string of the molecule is CCC(CC)(CNC(=O)NCc1nn[nH]n1)C(=O)O. The van der Waals surface area contributed by atoms with Crippen LogP contribution in [0, 0.1) is 5.41 Å². The van der Waals surface area contributed by atoms with E-state index in [0.717, 1.165) is 0 Å². The molecule has 0 saturated heterocycles. The molecule has 1 aromatic heterocycles. The van der Waals surface area contributed by atoms with Gasteiger partial charge in [0.05, 0.1) is 12.0 Å². The number of amides is 2. The van der Waals surface area contributed by atoms with Crippen LogP contribution in [0.4, 0.5) is 4.79 Å². The highest BCUT2D eigenvalue weighted by atomic mass is 16.4. The van der Waals surface area contributed by atoms with Gasteiger partial charge in [-0.05, 0) is 12.8 Å². The molecule has 0 spiro atoms. The number of carbonyl (C=O) groups is 2. The fourth-order valence-electron chi connectivity index (χ4n) is 1.61. The predicted molar refractivity (Wildman–Crippen MR) is 65.1 cm³/mol. The Morgan fingerprint density at radius 2 is 2.00 bits per heavy atom. The maximum absolute atomic E-state index is 11.5. The summed E-state index contributed by atoms with van der Waals surface area (Å²) in [5.74, 6) is -0.554. The third-order valence-corrected chi connectivity index (χ3v) is 3.19. The van der Waals surface area contributed by atoms with Gasteiger partial charge in [-0.2, -0.15) is 5.21 Å². The van der Waals surface area contributed by atoms with Gasteiger partial charge in [-0.1, -0.05) is 19.1 Å². The second-order valence-electron chi connectivity index (χ2n) is 4.16. The van der Waals surface area contributed by atoms with Gasteiger partial charge in [-0.25, -0.2) is 4.79 Å². The van der Waals surface area contributed by atoms with E-state index in [1.807, 2.05) is 0 Å². The van der Waals surface area contributed by atoms with Crippen LogP contribution in [0.5, 0.6) is 0 Å². The number of hydrogen-bond acceptors (Lipinski definition) is 5. The first kappa shape index (κ1) is 14.9. The second kappa shape index (κ2) is 6.66. The Labute approximate surface area is 110 Å². The minimum absolute atomic E-state index is 0.0768. The number of aliphatic carboxylic acids is 1. The fraction of sp³-hybridized carbons (Fsp3) is 0.700. The number of tetrazole rings is 1. The van der Waals surface area contributed by atoms with E-state index in [-0.39, 0.29) is 13.1 Å². The molecule has 0 radical (unpaired) electrons. The summed E-state index contributed by atoms with van der Waals surface area (Å²) in [6.07, 6.45) is 0.897. The molecule has 1 heterocycles. The molecule has 0 saturated carbocycles. The molecule has 4 N–H and O–H groups in total. The molecule has 0 unspecified atom stereocenters. The summed E-state index contributed by atoms with van der Waals surface area (Å²) in [6.45, 7) is 3.78. The van der Waals surface area contributed by atoms with Gasteiger partial charge in [0.15, 0.2) is 5.82 Å². The van der Waals surface area contributed by atoms with E-state index in [2.05, 4.69) is 31.3 Å². The minimum atomic E-state index is -0.927. The molecule has 0 aromatic carbocycles. The molecule has 0 aliphatic carbocycles. The molecule has 1 rings (SSSR count). The molecule has 9 nitrogen and oxygen atoms in total. The van der Waals surface area contributed by atoms with Crippen LogP contribution in [0.3, 0.4) is 0 Å². The molecule has 2 amide bonds. The zero-order valence-corrected chi connectivity index (χ0v) is 10.9. The second-order valence-corrected chi connectivity index (χ2v) is 4.16. The Morgan fingerprint density at radius 3 is 2.47 bits per heavy atom. The fourth-order valence-corrected chi connectivity index (χ4v) is 1.61. The van der Waals surface area contributed by atoms with Crippen molar-refractivity contribution < 1.29 is 14.7 Å². The standard InChI is InChI=1S/C10H18N6O3/c1-3-10(4-2,8(17)18)6-12-9(19)11-5-7-13-15-16-14-7/h3-6H2,1-2H3,(H,17,18)(H2,11,12,19)(H,13,14,15,16). The van der Waals surface area contributed by atoms with Crippen LogP contribution in [0.1, 0.15) is 32.5 Å². The molecular weight excluding hydrogens is 252 g/mol. The Kier molecular flexibility index (Phi) is 5.22. The van der Waals surface area contributed by atoms with Crippen molar-refractivity contribution in [2.45, 2.75) is 33.2 Å². The van der Waals surface area contributed by atoms with E-state index >= 15 is 0 Å². The number of rotatable bonds is 7. The summed E-state index contributed by atoms with van der Waals surface area (Å²) in [4.78, 5) is 22.8. The molecule has 19 heavy (non-hydrogen) atoms. The molecule has 0 aliphatic heterocycles. The topological polar surface area (TPSA) is 133 Å². The number of nitrogens with one attached hydrogen (secondary N) is 3. The van der Waals surface area contributed by atoms with E-state index < -0.39 is 17.4 Å². The molecule has 9 heteroatoms. The molecule has 0 atom stereocenters. The van der Waals surface area contributed by atoms with Crippen LogP contribution in [-0.4, -0.2) is 44.3 Å². The van der Waals surface area contributed by atoms with Gasteiger partial charge >= 0.3 is 12.0 Å². The molecule has 0 bridgehead atoms. The first-order valence-electron chi connectivity index (χ1n) is 6.01. The maximum atomic E-state index is 11.5. The molecule has 0 aliphatic rings. The zero-order valence-electron chi connectivity index (χ0n) is 10.9. The van der Waals surface area contributed by atoms with Gasteiger partial charge in [-0.3, -0.25) is 4.79 Å². The zero-order chi connectivity index (χ0) is 14.3.